The quantitative estimate of drug-likeness (QED) is 0.688. The summed E-state index contributed by atoms with van der Waals surface area (Å²) in [5.74, 6) is 0.429. The predicted molar refractivity (Wildman–Crippen MR) is 82.9 cm³/mol. The minimum atomic E-state index is -3.29. The van der Waals surface area contributed by atoms with Gasteiger partial charge in [-0.1, -0.05) is 0 Å². The van der Waals surface area contributed by atoms with Gasteiger partial charge in [0.25, 0.3) is 10.2 Å². The Balaban J connectivity index is 2.53. The van der Waals surface area contributed by atoms with Crippen LogP contribution in [0.4, 0.5) is 0 Å². The van der Waals surface area contributed by atoms with Crippen LogP contribution in [0.25, 0.3) is 0 Å². The van der Waals surface area contributed by atoms with Gasteiger partial charge in [0.1, 0.15) is 0 Å². The molecule has 0 amide bonds. The summed E-state index contributed by atoms with van der Waals surface area (Å²) in [4.78, 5) is 2.07. The molecule has 0 spiro atoms. The summed E-state index contributed by atoms with van der Waals surface area (Å²) >= 11 is 0. The molecule has 7 heteroatoms. The topological polar surface area (TPSA) is 55.9 Å². The number of piperidine rings is 1. The smallest absolute Gasteiger partial charge is 0.281 e. The molecule has 0 radical (unpaired) electrons. The maximum atomic E-state index is 12.5. The van der Waals surface area contributed by atoms with E-state index in [1.807, 2.05) is 21.1 Å². The predicted octanol–water partition coefficient (Wildman–Crippen LogP) is 0.0461. The maximum Gasteiger partial charge on any atom is 0.281 e. The van der Waals surface area contributed by atoms with Crippen LogP contribution in [0.1, 0.15) is 19.3 Å². The molecule has 20 heavy (non-hydrogen) atoms. The Morgan fingerprint density at radius 2 is 1.95 bits per heavy atom. The lowest BCUT2D eigenvalue weighted by Gasteiger charge is -2.34. The van der Waals surface area contributed by atoms with E-state index in [1.165, 1.54) is 4.31 Å². The molecule has 6 nitrogen and oxygen atoms in total. The van der Waals surface area contributed by atoms with Gasteiger partial charge in [-0.2, -0.15) is 17.0 Å². The van der Waals surface area contributed by atoms with Crippen LogP contribution in [-0.4, -0.2) is 82.8 Å². The zero-order chi connectivity index (χ0) is 15.2. The minimum Gasteiger partial charge on any atom is -0.319 e. The largest absolute Gasteiger partial charge is 0.319 e. The number of rotatable bonds is 8. The van der Waals surface area contributed by atoms with Crippen molar-refractivity contribution in [1.29, 1.82) is 0 Å². The molecule has 120 valence electrons. The van der Waals surface area contributed by atoms with Crippen LogP contribution in [0.15, 0.2) is 0 Å². The third-order valence-corrected chi connectivity index (χ3v) is 5.73. The van der Waals surface area contributed by atoms with Crippen LogP contribution >= 0.6 is 0 Å². The van der Waals surface area contributed by atoms with Gasteiger partial charge in [-0.3, -0.25) is 0 Å². The third-order valence-electron chi connectivity index (χ3n) is 3.77. The molecule has 0 aromatic heterocycles. The van der Waals surface area contributed by atoms with Crippen molar-refractivity contribution in [2.75, 3.05) is 60.9 Å². The van der Waals surface area contributed by atoms with Crippen molar-refractivity contribution in [3.63, 3.8) is 0 Å². The Morgan fingerprint density at radius 1 is 1.25 bits per heavy atom. The molecule has 0 bridgehead atoms. The molecule has 1 fully saturated rings. The average molecular weight is 306 g/mol. The van der Waals surface area contributed by atoms with Gasteiger partial charge in [0.05, 0.1) is 0 Å². The van der Waals surface area contributed by atoms with Gasteiger partial charge < -0.3 is 10.2 Å². The molecule has 1 heterocycles. The molecule has 0 aromatic carbocycles. The van der Waals surface area contributed by atoms with Crippen LogP contribution in [-0.2, 0) is 10.2 Å². The van der Waals surface area contributed by atoms with Crippen molar-refractivity contribution >= 4 is 10.2 Å². The number of hydrogen-bond donors (Lipinski definition) is 1. The lowest BCUT2D eigenvalue weighted by molar-refractivity contribution is 0.247. The Kier molecular flexibility index (Phi) is 7.39. The summed E-state index contributed by atoms with van der Waals surface area (Å²) < 4.78 is 28.2. The first-order valence-corrected chi connectivity index (χ1v) is 8.78. The van der Waals surface area contributed by atoms with E-state index in [2.05, 4.69) is 10.2 Å². The van der Waals surface area contributed by atoms with E-state index < -0.39 is 10.2 Å². The van der Waals surface area contributed by atoms with Gasteiger partial charge in [-0.25, -0.2) is 0 Å². The Morgan fingerprint density at radius 3 is 2.55 bits per heavy atom. The molecular weight excluding hydrogens is 276 g/mol. The normalized spacial score (nSPS) is 21.8. The van der Waals surface area contributed by atoms with Crippen molar-refractivity contribution in [2.45, 2.75) is 19.3 Å². The fourth-order valence-electron chi connectivity index (χ4n) is 2.61. The Hall–Kier alpha value is -0.210. The second-order valence-corrected chi connectivity index (χ2v) is 7.95. The van der Waals surface area contributed by atoms with Gasteiger partial charge in [-0.05, 0) is 59.4 Å². The molecule has 1 unspecified atom stereocenters. The first-order valence-electron chi connectivity index (χ1n) is 7.38. The summed E-state index contributed by atoms with van der Waals surface area (Å²) in [7, 11) is 4.32. The minimum absolute atomic E-state index is 0.429. The van der Waals surface area contributed by atoms with Gasteiger partial charge in [0, 0.05) is 26.7 Å². The average Bonchev–Trinajstić information content (AvgIpc) is 2.39. The van der Waals surface area contributed by atoms with E-state index in [4.69, 9.17) is 0 Å². The molecule has 1 aliphatic heterocycles. The van der Waals surface area contributed by atoms with Crippen LogP contribution < -0.4 is 5.32 Å². The summed E-state index contributed by atoms with van der Waals surface area (Å²) in [5, 5.41) is 3.14. The fourth-order valence-corrected chi connectivity index (χ4v) is 4.13. The number of nitrogens with one attached hydrogen (secondary N) is 1. The molecule has 1 N–H and O–H groups in total. The molecular formula is C13H30N4O2S. The van der Waals surface area contributed by atoms with Crippen molar-refractivity contribution in [3.8, 4) is 0 Å². The lowest BCUT2D eigenvalue weighted by atomic mass is 10.00. The van der Waals surface area contributed by atoms with Crippen LogP contribution in [0, 0.1) is 5.92 Å². The summed E-state index contributed by atoms with van der Waals surface area (Å²) in [6.45, 7) is 3.66. The Bertz CT molecular complexity index is 371. The van der Waals surface area contributed by atoms with Crippen LogP contribution in [0.2, 0.25) is 0 Å². The Labute approximate surface area is 124 Å². The highest BCUT2D eigenvalue weighted by Crippen LogP contribution is 2.20. The van der Waals surface area contributed by atoms with Crippen molar-refractivity contribution in [2.24, 2.45) is 5.92 Å². The monoisotopic (exact) mass is 306 g/mol. The molecule has 0 aliphatic carbocycles. The second kappa shape index (κ2) is 8.29. The van der Waals surface area contributed by atoms with E-state index in [0.29, 0.717) is 25.6 Å². The molecule has 0 saturated carbocycles. The highest BCUT2D eigenvalue weighted by atomic mass is 32.2. The second-order valence-electron chi connectivity index (χ2n) is 5.91. The van der Waals surface area contributed by atoms with Gasteiger partial charge >= 0.3 is 0 Å². The third kappa shape index (κ3) is 5.29. The molecule has 1 aliphatic rings. The number of hydrogen-bond acceptors (Lipinski definition) is 4. The van der Waals surface area contributed by atoms with Crippen molar-refractivity contribution < 1.29 is 8.42 Å². The summed E-state index contributed by atoms with van der Waals surface area (Å²) in [6, 6.07) is 0. The van der Waals surface area contributed by atoms with Crippen molar-refractivity contribution in [1.82, 2.24) is 18.8 Å². The molecule has 1 atom stereocenters. The summed E-state index contributed by atoms with van der Waals surface area (Å²) in [5.41, 5.74) is 0. The van der Waals surface area contributed by atoms with E-state index in [1.54, 1.807) is 11.4 Å². The SMILES string of the molecule is CNCC1CCCN(S(=O)(=O)N(C)CCCN(C)C)C1. The highest BCUT2D eigenvalue weighted by Gasteiger charge is 2.31. The lowest BCUT2D eigenvalue weighted by Crippen LogP contribution is -2.48. The first-order chi connectivity index (χ1) is 9.37. The first kappa shape index (κ1) is 17.8. The van der Waals surface area contributed by atoms with Crippen molar-refractivity contribution in [3.05, 3.63) is 0 Å². The molecule has 1 rings (SSSR count). The van der Waals surface area contributed by atoms with Crippen LogP contribution in [0.5, 0.6) is 0 Å². The van der Waals surface area contributed by atoms with Gasteiger partial charge in [0.15, 0.2) is 0 Å². The molecule has 1 saturated heterocycles. The number of nitrogens with zero attached hydrogens (tertiary/aromatic N) is 3. The standard InChI is InChI=1S/C13H30N4O2S/c1-14-11-13-7-5-10-17(12-13)20(18,19)16(4)9-6-8-15(2)3/h13-14H,5-12H2,1-4H3. The zero-order valence-electron chi connectivity index (χ0n) is 13.3. The zero-order valence-corrected chi connectivity index (χ0v) is 14.1. The summed E-state index contributed by atoms with van der Waals surface area (Å²) in [6.07, 6.45) is 2.92. The van der Waals surface area contributed by atoms with Gasteiger partial charge in [-0.15, -0.1) is 0 Å². The molecule has 0 aromatic rings. The van der Waals surface area contributed by atoms with E-state index >= 15 is 0 Å². The van der Waals surface area contributed by atoms with E-state index in [-0.39, 0.29) is 0 Å². The maximum absolute atomic E-state index is 12.5. The van der Waals surface area contributed by atoms with Gasteiger partial charge in [0.2, 0.25) is 0 Å². The fraction of sp³-hybridized carbons (Fsp3) is 1.00. The van der Waals surface area contributed by atoms with E-state index in [9.17, 15) is 8.42 Å². The van der Waals surface area contributed by atoms with Crippen LogP contribution in [0.3, 0.4) is 0 Å². The van der Waals surface area contributed by atoms with E-state index in [0.717, 1.165) is 32.4 Å². The highest BCUT2D eigenvalue weighted by molar-refractivity contribution is 7.86.